The van der Waals surface area contributed by atoms with Gasteiger partial charge < -0.3 is 10.1 Å². The minimum atomic E-state index is -3.40. The normalized spacial score (nSPS) is 12.8. The summed E-state index contributed by atoms with van der Waals surface area (Å²) in [5.41, 5.74) is 3.27. The first-order valence-electron chi connectivity index (χ1n) is 7.78. The van der Waals surface area contributed by atoms with Gasteiger partial charge in [-0.1, -0.05) is 24.3 Å². The van der Waals surface area contributed by atoms with Crippen molar-refractivity contribution in [1.82, 2.24) is 10.0 Å². The second kappa shape index (κ2) is 7.79. The number of hydrogen-bond donors (Lipinski definition) is 2. The predicted octanol–water partition coefficient (Wildman–Crippen LogP) is 2.76. The fraction of sp³-hybridized carbons (Fsp3) is 0.333. The lowest BCUT2D eigenvalue weighted by Crippen LogP contribution is -2.20. The monoisotopic (exact) mass is 348 g/mol. The van der Waals surface area contributed by atoms with Gasteiger partial charge in [-0.2, -0.15) is 0 Å². The first-order chi connectivity index (χ1) is 11.4. The Bertz CT molecular complexity index is 786. The first kappa shape index (κ1) is 18.4. The molecular weight excluding hydrogens is 324 g/mol. The highest BCUT2D eigenvalue weighted by molar-refractivity contribution is 7.89. The molecule has 2 aromatic rings. The van der Waals surface area contributed by atoms with E-state index >= 15 is 0 Å². The molecule has 0 aromatic heterocycles. The standard InChI is InChI=1S/C18H24N2O3S/c1-13-5-6-16(18(11-13)23-4)12-20-14(2)15-7-9-17(10-8-15)24(21,22)19-3/h5-11,14,19-20H,12H2,1-4H3. The molecule has 0 radical (unpaired) electrons. The lowest BCUT2D eigenvalue weighted by atomic mass is 10.1. The first-order valence-corrected chi connectivity index (χ1v) is 9.26. The van der Waals surface area contributed by atoms with E-state index in [4.69, 9.17) is 4.74 Å². The number of nitrogens with one attached hydrogen (secondary N) is 2. The third kappa shape index (κ3) is 4.35. The van der Waals surface area contributed by atoms with E-state index in [0.717, 1.165) is 22.4 Å². The van der Waals surface area contributed by atoms with Gasteiger partial charge in [0, 0.05) is 18.2 Å². The molecule has 130 valence electrons. The van der Waals surface area contributed by atoms with E-state index in [0.29, 0.717) is 6.54 Å². The molecule has 0 spiro atoms. The van der Waals surface area contributed by atoms with E-state index < -0.39 is 10.0 Å². The van der Waals surface area contributed by atoms with Gasteiger partial charge in [0.1, 0.15) is 5.75 Å². The minimum Gasteiger partial charge on any atom is -0.496 e. The predicted molar refractivity (Wildman–Crippen MR) is 95.7 cm³/mol. The van der Waals surface area contributed by atoms with Gasteiger partial charge in [-0.25, -0.2) is 13.1 Å². The summed E-state index contributed by atoms with van der Waals surface area (Å²) in [6, 6.07) is 13.1. The second-order valence-electron chi connectivity index (χ2n) is 5.69. The highest BCUT2D eigenvalue weighted by Crippen LogP contribution is 2.21. The third-order valence-electron chi connectivity index (χ3n) is 4.00. The van der Waals surface area contributed by atoms with E-state index in [1.54, 1.807) is 19.2 Å². The van der Waals surface area contributed by atoms with Crippen LogP contribution in [-0.4, -0.2) is 22.6 Å². The molecule has 2 N–H and O–H groups in total. The van der Waals surface area contributed by atoms with Crippen LogP contribution in [0.4, 0.5) is 0 Å². The number of benzene rings is 2. The Morgan fingerprint density at radius 3 is 2.38 bits per heavy atom. The lowest BCUT2D eigenvalue weighted by Gasteiger charge is -2.16. The van der Waals surface area contributed by atoms with E-state index in [1.807, 2.05) is 32.0 Å². The van der Waals surface area contributed by atoms with Crippen LogP contribution in [-0.2, 0) is 16.6 Å². The summed E-state index contributed by atoms with van der Waals surface area (Å²) in [4.78, 5) is 0.265. The van der Waals surface area contributed by atoms with E-state index in [1.165, 1.54) is 7.05 Å². The third-order valence-corrected chi connectivity index (χ3v) is 5.43. The molecule has 1 unspecified atom stereocenters. The van der Waals surface area contributed by atoms with Crippen molar-refractivity contribution in [1.29, 1.82) is 0 Å². The van der Waals surface area contributed by atoms with Crippen LogP contribution in [0.1, 0.15) is 29.7 Å². The smallest absolute Gasteiger partial charge is 0.240 e. The molecule has 24 heavy (non-hydrogen) atoms. The molecule has 0 saturated carbocycles. The molecule has 0 bridgehead atoms. The van der Waals surface area contributed by atoms with Gasteiger partial charge in [0.2, 0.25) is 10.0 Å². The SMILES string of the molecule is CNS(=O)(=O)c1ccc(C(C)NCc2ccc(C)cc2OC)cc1. The number of methoxy groups -OCH3 is 1. The number of rotatable bonds is 7. The summed E-state index contributed by atoms with van der Waals surface area (Å²) in [6.45, 7) is 4.74. The molecule has 0 aliphatic carbocycles. The van der Waals surface area contributed by atoms with Crippen molar-refractivity contribution in [2.45, 2.75) is 31.3 Å². The molecule has 0 fully saturated rings. The fourth-order valence-electron chi connectivity index (χ4n) is 2.43. The van der Waals surface area contributed by atoms with Crippen molar-refractivity contribution in [3.05, 3.63) is 59.2 Å². The zero-order chi connectivity index (χ0) is 17.7. The largest absolute Gasteiger partial charge is 0.496 e. The number of ether oxygens (including phenoxy) is 1. The van der Waals surface area contributed by atoms with Crippen molar-refractivity contribution in [3.8, 4) is 5.75 Å². The summed E-state index contributed by atoms with van der Waals surface area (Å²) in [7, 11) is -0.322. The van der Waals surface area contributed by atoms with Crippen molar-refractivity contribution < 1.29 is 13.2 Å². The molecule has 0 aliphatic rings. The van der Waals surface area contributed by atoms with Crippen LogP contribution in [0, 0.1) is 6.92 Å². The minimum absolute atomic E-state index is 0.0855. The topological polar surface area (TPSA) is 67.4 Å². The second-order valence-corrected chi connectivity index (χ2v) is 7.58. The van der Waals surface area contributed by atoms with Gasteiger partial charge in [-0.15, -0.1) is 0 Å². The van der Waals surface area contributed by atoms with Crippen LogP contribution < -0.4 is 14.8 Å². The van der Waals surface area contributed by atoms with Gasteiger partial charge in [0.05, 0.1) is 12.0 Å². The van der Waals surface area contributed by atoms with Gasteiger partial charge in [-0.05, 0) is 50.2 Å². The fourth-order valence-corrected chi connectivity index (χ4v) is 3.16. The lowest BCUT2D eigenvalue weighted by molar-refractivity contribution is 0.405. The molecule has 2 aromatic carbocycles. The summed E-state index contributed by atoms with van der Waals surface area (Å²) < 4.78 is 31.2. The number of sulfonamides is 1. The Morgan fingerprint density at radius 1 is 1.12 bits per heavy atom. The zero-order valence-corrected chi connectivity index (χ0v) is 15.3. The maximum atomic E-state index is 11.8. The Hall–Kier alpha value is -1.89. The van der Waals surface area contributed by atoms with Crippen molar-refractivity contribution in [3.63, 3.8) is 0 Å². The Balaban J connectivity index is 2.06. The quantitative estimate of drug-likeness (QED) is 0.807. The van der Waals surface area contributed by atoms with Crippen LogP contribution in [0.15, 0.2) is 47.4 Å². The van der Waals surface area contributed by atoms with Crippen LogP contribution in [0.25, 0.3) is 0 Å². The molecule has 0 aliphatic heterocycles. The van der Waals surface area contributed by atoms with Crippen molar-refractivity contribution >= 4 is 10.0 Å². The average molecular weight is 348 g/mol. The molecule has 2 rings (SSSR count). The van der Waals surface area contributed by atoms with Crippen LogP contribution in [0.3, 0.4) is 0 Å². The van der Waals surface area contributed by atoms with Crippen LogP contribution in [0.5, 0.6) is 5.75 Å². The highest BCUT2D eigenvalue weighted by atomic mass is 32.2. The van der Waals surface area contributed by atoms with Gasteiger partial charge in [-0.3, -0.25) is 0 Å². The zero-order valence-electron chi connectivity index (χ0n) is 14.5. The molecule has 1 atom stereocenters. The molecule has 6 heteroatoms. The van der Waals surface area contributed by atoms with E-state index in [2.05, 4.69) is 22.2 Å². The Kier molecular flexibility index (Phi) is 5.99. The average Bonchev–Trinajstić information content (AvgIpc) is 2.60. The molecular formula is C18H24N2O3S. The number of aryl methyl sites for hydroxylation is 1. The maximum absolute atomic E-state index is 11.8. The van der Waals surface area contributed by atoms with Crippen LogP contribution in [0.2, 0.25) is 0 Å². The summed E-state index contributed by atoms with van der Waals surface area (Å²) in [6.07, 6.45) is 0. The molecule has 0 saturated heterocycles. The molecule has 0 amide bonds. The number of hydrogen-bond acceptors (Lipinski definition) is 4. The Morgan fingerprint density at radius 2 is 1.79 bits per heavy atom. The van der Waals surface area contributed by atoms with Crippen LogP contribution >= 0.6 is 0 Å². The molecule has 5 nitrogen and oxygen atoms in total. The van der Waals surface area contributed by atoms with Crippen molar-refractivity contribution in [2.24, 2.45) is 0 Å². The van der Waals surface area contributed by atoms with Gasteiger partial charge in [0.15, 0.2) is 0 Å². The Labute approximate surface area is 144 Å². The van der Waals surface area contributed by atoms with Gasteiger partial charge in [0.25, 0.3) is 0 Å². The van der Waals surface area contributed by atoms with E-state index in [9.17, 15) is 8.42 Å². The van der Waals surface area contributed by atoms with Gasteiger partial charge >= 0.3 is 0 Å². The van der Waals surface area contributed by atoms with E-state index in [-0.39, 0.29) is 10.9 Å². The van der Waals surface area contributed by atoms with Crippen molar-refractivity contribution in [2.75, 3.05) is 14.2 Å². The summed E-state index contributed by atoms with van der Waals surface area (Å²) in [5, 5.41) is 3.44. The summed E-state index contributed by atoms with van der Waals surface area (Å²) in [5.74, 6) is 0.866. The highest BCUT2D eigenvalue weighted by Gasteiger charge is 2.12. The summed E-state index contributed by atoms with van der Waals surface area (Å²) >= 11 is 0. The molecule has 0 heterocycles. The maximum Gasteiger partial charge on any atom is 0.240 e.